The Morgan fingerprint density at radius 3 is 2.27 bits per heavy atom. The molecule has 0 fully saturated rings. The van der Waals surface area contributed by atoms with Gasteiger partial charge in [0.25, 0.3) is 5.91 Å². The fourth-order valence-corrected chi connectivity index (χ4v) is 2.53. The van der Waals surface area contributed by atoms with Crippen molar-refractivity contribution in [3.63, 3.8) is 0 Å². The van der Waals surface area contributed by atoms with Crippen molar-refractivity contribution in [2.45, 2.75) is 26.1 Å². The van der Waals surface area contributed by atoms with Gasteiger partial charge in [-0.05, 0) is 13.8 Å². The lowest BCUT2D eigenvalue weighted by molar-refractivity contribution is -0.391. The molecule has 26 heavy (non-hydrogen) atoms. The first kappa shape index (κ1) is 16.3. The average Bonchev–Trinajstić information content (AvgIpc) is 3.08. The highest BCUT2D eigenvalue weighted by Gasteiger charge is 2.66. The quantitative estimate of drug-likeness (QED) is 0.607. The molecule has 3 aromatic rings. The number of carbonyl (C=O) groups is 1. The molecule has 0 amide bonds. The number of ether oxygens (including phenoxy) is 2. The molecule has 12 heteroatoms. The fraction of sp³-hybridized carbons (Fsp3) is 0.286. The molecule has 3 heterocycles. The van der Waals surface area contributed by atoms with Crippen LogP contribution in [0.1, 0.15) is 21.8 Å². The first-order valence-electron chi connectivity index (χ1n) is 7.11. The van der Waals surface area contributed by atoms with E-state index in [1.54, 1.807) is 0 Å². The molecule has 0 saturated heterocycles. The summed E-state index contributed by atoms with van der Waals surface area (Å²) in [4.78, 5) is 12.6. The Bertz CT molecular complexity index is 1040. The molecule has 136 valence electrons. The van der Waals surface area contributed by atoms with E-state index in [9.17, 15) is 22.4 Å². The molecule has 1 aromatic carbocycles. The molecule has 0 bridgehead atoms. The van der Waals surface area contributed by atoms with Gasteiger partial charge in [-0.15, -0.1) is 5.10 Å². The Morgan fingerprint density at radius 1 is 1.08 bits per heavy atom. The van der Waals surface area contributed by atoms with Crippen LogP contribution in [0.2, 0.25) is 0 Å². The van der Waals surface area contributed by atoms with Crippen molar-refractivity contribution in [3.8, 4) is 11.5 Å². The van der Waals surface area contributed by atoms with Crippen LogP contribution in [0.25, 0.3) is 11.0 Å². The van der Waals surface area contributed by atoms with E-state index in [0.29, 0.717) is 5.69 Å². The zero-order valence-electron chi connectivity index (χ0n) is 13.1. The van der Waals surface area contributed by atoms with Gasteiger partial charge in [-0.25, -0.2) is 0 Å². The molecular weight excluding hydrogens is 364 g/mol. The number of aryl methyl sites for hydroxylation is 2. The number of hydrogen-bond donors (Lipinski definition) is 0. The van der Waals surface area contributed by atoms with Gasteiger partial charge in [0.2, 0.25) is 0 Å². The predicted molar refractivity (Wildman–Crippen MR) is 74.4 cm³/mol. The third kappa shape index (κ3) is 2.14. The van der Waals surface area contributed by atoms with E-state index in [0.717, 1.165) is 16.8 Å². The Balaban J connectivity index is 1.85. The van der Waals surface area contributed by atoms with Gasteiger partial charge in [0.1, 0.15) is 22.4 Å². The number of carbonyl (C=O) groups excluding carboxylic acids is 1. The number of benzene rings is 1. The van der Waals surface area contributed by atoms with Crippen molar-refractivity contribution in [3.05, 3.63) is 29.2 Å². The number of aromatic nitrogens is 4. The predicted octanol–water partition coefficient (Wildman–Crippen LogP) is 2.68. The van der Waals surface area contributed by atoms with Crippen LogP contribution in [-0.4, -0.2) is 38.3 Å². The van der Waals surface area contributed by atoms with Crippen LogP contribution >= 0.6 is 0 Å². The zero-order chi connectivity index (χ0) is 18.9. The van der Waals surface area contributed by atoms with Gasteiger partial charge < -0.3 is 14.0 Å². The van der Waals surface area contributed by atoms with E-state index >= 15 is 0 Å². The minimum Gasteiger partial charge on any atom is -0.421 e. The van der Waals surface area contributed by atoms with Crippen molar-refractivity contribution in [2.75, 3.05) is 0 Å². The Morgan fingerprint density at radius 2 is 1.69 bits per heavy atom. The molecule has 0 spiro atoms. The summed E-state index contributed by atoms with van der Waals surface area (Å²) in [5.74, 6) is -1.79. The standard InChI is InChI=1S/C14H8F4N4O4/c1-5-11(6(2)26-20-5)12(23)22-8-4-10-9(3-7(8)19-21-22)24-13(15,16)14(17,18)25-10/h3-4H,1-2H3. The lowest BCUT2D eigenvalue weighted by Gasteiger charge is -2.31. The highest BCUT2D eigenvalue weighted by molar-refractivity contribution is 6.02. The molecule has 0 aliphatic carbocycles. The van der Waals surface area contributed by atoms with Crippen LogP contribution in [0.15, 0.2) is 16.7 Å². The van der Waals surface area contributed by atoms with Gasteiger partial charge >= 0.3 is 12.2 Å². The molecule has 0 radical (unpaired) electrons. The number of alkyl halides is 4. The summed E-state index contributed by atoms with van der Waals surface area (Å²) in [6.07, 6.45) is -9.73. The maximum atomic E-state index is 13.4. The molecule has 1 aliphatic heterocycles. The van der Waals surface area contributed by atoms with E-state index < -0.39 is 29.6 Å². The molecule has 1 aliphatic rings. The SMILES string of the molecule is Cc1noc(C)c1C(=O)n1nnc2cc3c(cc21)OC(F)(F)C(F)(F)O3. The molecule has 0 atom stereocenters. The second-order valence-corrected chi connectivity index (χ2v) is 5.53. The molecule has 2 aromatic heterocycles. The summed E-state index contributed by atoms with van der Waals surface area (Å²) in [5.41, 5.74) is 0.329. The van der Waals surface area contributed by atoms with E-state index in [1.165, 1.54) is 13.8 Å². The highest BCUT2D eigenvalue weighted by Crippen LogP contribution is 2.47. The van der Waals surface area contributed by atoms with Crippen LogP contribution in [0, 0.1) is 13.8 Å². The number of nitrogens with zero attached hydrogens (tertiary/aromatic N) is 4. The Kier molecular flexibility index (Phi) is 3.09. The summed E-state index contributed by atoms with van der Waals surface area (Å²) in [5, 5.41) is 11.0. The summed E-state index contributed by atoms with van der Waals surface area (Å²) >= 11 is 0. The van der Waals surface area contributed by atoms with Crippen LogP contribution < -0.4 is 9.47 Å². The second-order valence-electron chi connectivity index (χ2n) is 5.53. The minimum absolute atomic E-state index is 0.0338. The van der Waals surface area contributed by atoms with E-state index in [2.05, 4.69) is 24.9 Å². The molecule has 8 nitrogen and oxygen atoms in total. The maximum absolute atomic E-state index is 13.4. The molecule has 0 N–H and O–H groups in total. The first-order chi connectivity index (χ1) is 12.1. The Labute approximate surface area is 141 Å². The second kappa shape index (κ2) is 4.93. The average molecular weight is 372 g/mol. The van der Waals surface area contributed by atoms with Crippen molar-refractivity contribution < 1.29 is 36.4 Å². The van der Waals surface area contributed by atoms with E-state index in [4.69, 9.17) is 4.52 Å². The van der Waals surface area contributed by atoms with Crippen molar-refractivity contribution in [1.82, 2.24) is 20.2 Å². The van der Waals surface area contributed by atoms with Crippen molar-refractivity contribution >= 4 is 16.9 Å². The third-order valence-electron chi connectivity index (χ3n) is 3.77. The molecule has 0 unspecified atom stereocenters. The normalized spacial score (nSPS) is 17.5. The maximum Gasteiger partial charge on any atom is 0.507 e. The number of fused-ring (bicyclic) bond motifs is 2. The van der Waals surface area contributed by atoms with Gasteiger partial charge in [-0.2, -0.15) is 22.2 Å². The van der Waals surface area contributed by atoms with Gasteiger partial charge in [0, 0.05) is 12.1 Å². The number of halogens is 4. The monoisotopic (exact) mass is 372 g/mol. The van der Waals surface area contributed by atoms with Crippen LogP contribution in [0.4, 0.5) is 17.6 Å². The van der Waals surface area contributed by atoms with E-state index in [1.807, 2.05) is 0 Å². The van der Waals surface area contributed by atoms with Gasteiger partial charge in [0.15, 0.2) is 11.5 Å². The lowest BCUT2D eigenvalue weighted by atomic mass is 10.2. The van der Waals surface area contributed by atoms with Crippen molar-refractivity contribution in [2.24, 2.45) is 0 Å². The van der Waals surface area contributed by atoms with Gasteiger partial charge in [-0.3, -0.25) is 4.79 Å². The molecule has 0 saturated carbocycles. The number of rotatable bonds is 1. The van der Waals surface area contributed by atoms with Crippen LogP contribution in [0.5, 0.6) is 11.5 Å². The summed E-state index contributed by atoms with van der Waals surface area (Å²) in [6.45, 7) is 3.04. The molecular formula is C14H8F4N4O4. The largest absolute Gasteiger partial charge is 0.507 e. The van der Waals surface area contributed by atoms with Crippen LogP contribution in [0.3, 0.4) is 0 Å². The zero-order valence-corrected chi connectivity index (χ0v) is 13.1. The lowest BCUT2D eigenvalue weighted by Crippen LogP contribution is -2.52. The Hall–Kier alpha value is -3.18. The smallest absolute Gasteiger partial charge is 0.421 e. The number of hydrogen-bond acceptors (Lipinski definition) is 7. The topological polar surface area (TPSA) is 92.3 Å². The first-order valence-corrected chi connectivity index (χ1v) is 7.11. The fourth-order valence-electron chi connectivity index (χ4n) is 2.53. The van der Waals surface area contributed by atoms with Crippen molar-refractivity contribution in [1.29, 1.82) is 0 Å². The molecule has 4 rings (SSSR count). The third-order valence-corrected chi connectivity index (χ3v) is 3.77. The summed E-state index contributed by atoms with van der Waals surface area (Å²) < 4.78 is 67.0. The van der Waals surface area contributed by atoms with Gasteiger partial charge in [0.05, 0.1) is 5.69 Å². The van der Waals surface area contributed by atoms with E-state index in [-0.39, 0.29) is 22.4 Å². The summed E-state index contributed by atoms with van der Waals surface area (Å²) in [6, 6.07) is 1.85. The minimum atomic E-state index is -4.88. The van der Waals surface area contributed by atoms with Gasteiger partial charge in [-0.1, -0.05) is 10.4 Å². The summed E-state index contributed by atoms with van der Waals surface area (Å²) in [7, 11) is 0. The highest BCUT2D eigenvalue weighted by atomic mass is 19.3. The van der Waals surface area contributed by atoms with Crippen LogP contribution in [-0.2, 0) is 0 Å².